The smallest absolute Gasteiger partial charge is 0.0233 e. The van der Waals surface area contributed by atoms with Gasteiger partial charge in [0.25, 0.3) is 0 Å². The SMILES string of the molecule is CCN(CC)Cc1ccc(CCCCN)cc1. The van der Waals surface area contributed by atoms with E-state index in [1.807, 2.05) is 0 Å². The highest BCUT2D eigenvalue weighted by atomic mass is 15.1. The third kappa shape index (κ3) is 5.33. The lowest BCUT2D eigenvalue weighted by Gasteiger charge is -2.18. The van der Waals surface area contributed by atoms with Gasteiger partial charge in [-0.15, -0.1) is 0 Å². The molecule has 0 fully saturated rings. The molecule has 1 aromatic carbocycles. The third-order valence-electron chi connectivity index (χ3n) is 3.24. The van der Waals surface area contributed by atoms with Gasteiger partial charge in [0.05, 0.1) is 0 Å². The minimum Gasteiger partial charge on any atom is -0.330 e. The maximum atomic E-state index is 5.50. The minimum absolute atomic E-state index is 0.806. The molecule has 0 atom stereocenters. The summed E-state index contributed by atoms with van der Waals surface area (Å²) in [5, 5.41) is 0. The summed E-state index contributed by atoms with van der Waals surface area (Å²) in [5.41, 5.74) is 8.34. The molecular weight excluding hydrogens is 208 g/mol. The Balaban J connectivity index is 2.44. The Hall–Kier alpha value is -0.860. The molecule has 0 aliphatic carbocycles. The van der Waals surface area contributed by atoms with E-state index in [-0.39, 0.29) is 0 Å². The highest BCUT2D eigenvalue weighted by molar-refractivity contribution is 5.22. The van der Waals surface area contributed by atoms with Crippen LogP contribution >= 0.6 is 0 Å². The van der Waals surface area contributed by atoms with Gasteiger partial charge in [-0.3, -0.25) is 4.90 Å². The molecule has 0 unspecified atom stereocenters. The fourth-order valence-electron chi connectivity index (χ4n) is 1.99. The number of hydrogen-bond donors (Lipinski definition) is 1. The molecule has 1 aromatic rings. The lowest BCUT2D eigenvalue weighted by Crippen LogP contribution is -2.21. The quantitative estimate of drug-likeness (QED) is 0.701. The molecule has 2 N–H and O–H groups in total. The molecule has 0 saturated carbocycles. The summed E-state index contributed by atoms with van der Waals surface area (Å²) in [6, 6.07) is 9.04. The first-order valence-corrected chi connectivity index (χ1v) is 6.80. The first kappa shape index (κ1) is 14.2. The van der Waals surface area contributed by atoms with Crippen LogP contribution in [0.1, 0.15) is 37.8 Å². The van der Waals surface area contributed by atoms with E-state index in [0.29, 0.717) is 0 Å². The molecule has 0 aromatic heterocycles. The molecule has 0 aliphatic rings. The van der Waals surface area contributed by atoms with Crippen molar-refractivity contribution in [1.29, 1.82) is 0 Å². The lowest BCUT2D eigenvalue weighted by atomic mass is 10.1. The van der Waals surface area contributed by atoms with Gasteiger partial charge in [0.1, 0.15) is 0 Å². The summed E-state index contributed by atoms with van der Waals surface area (Å²) in [6.07, 6.45) is 3.48. The van der Waals surface area contributed by atoms with Crippen LogP contribution in [-0.4, -0.2) is 24.5 Å². The van der Waals surface area contributed by atoms with Crippen LogP contribution in [0.15, 0.2) is 24.3 Å². The van der Waals surface area contributed by atoms with Crippen LogP contribution in [0.2, 0.25) is 0 Å². The number of unbranched alkanes of at least 4 members (excludes halogenated alkanes) is 1. The van der Waals surface area contributed by atoms with Crippen LogP contribution in [0.3, 0.4) is 0 Å². The summed E-state index contributed by atoms with van der Waals surface area (Å²) in [4.78, 5) is 2.43. The van der Waals surface area contributed by atoms with E-state index in [1.54, 1.807) is 0 Å². The van der Waals surface area contributed by atoms with Gasteiger partial charge in [0.15, 0.2) is 0 Å². The lowest BCUT2D eigenvalue weighted by molar-refractivity contribution is 0.296. The van der Waals surface area contributed by atoms with Gasteiger partial charge in [0, 0.05) is 6.54 Å². The van der Waals surface area contributed by atoms with Crippen molar-refractivity contribution in [3.05, 3.63) is 35.4 Å². The number of hydrogen-bond acceptors (Lipinski definition) is 2. The molecule has 0 bridgehead atoms. The molecular formula is C15H26N2. The van der Waals surface area contributed by atoms with Crippen LogP contribution in [0.5, 0.6) is 0 Å². The average molecular weight is 234 g/mol. The second-order valence-electron chi connectivity index (χ2n) is 4.52. The maximum absolute atomic E-state index is 5.50. The van der Waals surface area contributed by atoms with Gasteiger partial charge < -0.3 is 5.73 Å². The highest BCUT2D eigenvalue weighted by Gasteiger charge is 2.01. The number of benzene rings is 1. The molecule has 96 valence electrons. The zero-order valence-electron chi connectivity index (χ0n) is 11.3. The van der Waals surface area contributed by atoms with Crippen molar-refractivity contribution in [3.63, 3.8) is 0 Å². The summed E-state index contributed by atoms with van der Waals surface area (Å²) >= 11 is 0. The van der Waals surface area contributed by atoms with Crippen LogP contribution in [0.4, 0.5) is 0 Å². The Labute approximate surface area is 106 Å². The summed E-state index contributed by atoms with van der Waals surface area (Å²) in [6.45, 7) is 8.54. The Morgan fingerprint density at radius 1 is 0.941 bits per heavy atom. The normalized spacial score (nSPS) is 11.1. The van der Waals surface area contributed by atoms with Crippen LogP contribution in [-0.2, 0) is 13.0 Å². The second-order valence-corrected chi connectivity index (χ2v) is 4.52. The zero-order chi connectivity index (χ0) is 12.5. The molecule has 0 radical (unpaired) electrons. The topological polar surface area (TPSA) is 29.3 Å². The molecule has 2 nitrogen and oxygen atoms in total. The van der Waals surface area contributed by atoms with Gasteiger partial charge in [-0.25, -0.2) is 0 Å². The number of nitrogens with zero attached hydrogens (tertiary/aromatic N) is 1. The minimum atomic E-state index is 0.806. The molecule has 0 heterocycles. The average Bonchev–Trinajstić information content (AvgIpc) is 2.38. The van der Waals surface area contributed by atoms with Crippen molar-refractivity contribution in [1.82, 2.24) is 4.90 Å². The summed E-state index contributed by atoms with van der Waals surface area (Å²) < 4.78 is 0. The van der Waals surface area contributed by atoms with Gasteiger partial charge in [-0.2, -0.15) is 0 Å². The van der Waals surface area contributed by atoms with E-state index < -0.39 is 0 Å². The first-order valence-electron chi connectivity index (χ1n) is 6.80. The predicted molar refractivity (Wildman–Crippen MR) is 75.1 cm³/mol. The molecule has 0 saturated heterocycles. The zero-order valence-corrected chi connectivity index (χ0v) is 11.3. The predicted octanol–water partition coefficient (Wildman–Crippen LogP) is 2.81. The van der Waals surface area contributed by atoms with Crippen molar-refractivity contribution in [2.24, 2.45) is 5.73 Å². The van der Waals surface area contributed by atoms with Gasteiger partial charge in [0.2, 0.25) is 0 Å². The van der Waals surface area contributed by atoms with Gasteiger partial charge >= 0.3 is 0 Å². The third-order valence-corrected chi connectivity index (χ3v) is 3.24. The van der Waals surface area contributed by atoms with Crippen LogP contribution in [0, 0.1) is 0 Å². The highest BCUT2D eigenvalue weighted by Crippen LogP contribution is 2.09. The molecule has 0 spiro atoms. The number of aryl methyl sites for hydroxylation is 1. The second kappa shape index (κ2) is 8.26. The van der Waals surface area contributed by atoms with Crippen molar-refractivity contribution in [2.45, 2.75) is 39.7 Å². The monoisotopic (exact) mass is 234 g/mol. The summed E-state index contributed by atoms with van der Waals surface area (Å²) in [5.74, 6) is 0. The van der Waals surface area contributed by atoms with E-state index in [4.69, 9.17) is 5.73 Å². The first-order chi connectivity index (χ1) is 8.30. The molecule has 0 aliphatic heterocycles. The van der Waals surface area contributed by atoms with E-state index in [0.717, 1.165) is 39.0 Å². The number of rotatable bonds is 8. The Morgan fingerprint density at radius 3 is 2.06 bits per heavy atom. The van der Waals surface area contributed by atoms with E-state index in [2.05, 4.69) is 43.0 Å². The fourth-order valence-corrected chi connectivity index (χ4v) is 1.99. The number of nitrogens with two attached hydrogens (primary N) is 1. The largest absolute Gasteiger partial charge is 0.330 e. The van der Waals surface area contributed by atoms with Crippen LogP contribution < -0.4 is 5.73 Å². The Morgan fingerprint density at radius 2 is 1.53 bits per heavy atom. The van der Waals surface area contributed by atoms with E-state index in [9.17, 15) is 0 Å². The Bertz CT molecular complexity index is 288. The molecule has 2 heteroatoms. The van der Waals surface area contributed by atoms with E-state index in [1.165, 1.54) is 17.5 Å². The van der Waals surface area contributed by atoms with Crippen LogP contribution in [0.25, 0.3) is 0 Å². The summed E-state index contributed by atoms with van der Waals surface area (Å²) in [7, 11) is 0. The molecule has 17 heavy (non-hydrogen) atoms. The Kier molecular flexibility index (Phi) is 6.90. The molecule has 1 rings (SSSR count). The van der Waals surface area contributed by atoms with Crippen molar-refractivity contribution >= 4 is 0 Å². The van der Waals surface area contributed by atoms with Gasteiger partial charge in [-0.05, 0) is 50.0 Å². The van der Waals surface area contributed by atoms with Crippen molar-refractivity contribution in [2.75, 3.05) is 19.6 Å². The standard InChI is InChI=1S/C15H26N2/c1-3-17(4-2)13-15-10-8-14(9-11-15)7-5-6-12-16/h8-11H,3-7,12-13,16H2,1-2H3. The maximum Gasteiger partial charge on any atom is 0.0233 e. The van der Waals surface area contributed by atoms with Gasteiger partial charge in [-0.1, -0.05) is 38.1 Å². The van der Waals surface area contributed by atoms with E-state index >= 15 is 0 Å². The fraction of sp³-hybridized carbons (Fsp3) is 0.600. The van der Waals surface area contributed by atoms with Crippen molar-refractivity contribution in [3.8, 4) is 0 Å². The molecule has 0 amide bonds. The van der Waals surface area contributed by atoms with Crippen molar-refractivity contribution < 1.29 is 0 Å².